The maximum atomic E-state index is 6.05. The number of allylic oxidation sites excluding steroid dienone is 1. The SMILES string of the molecule is C=C(N)C12CCC(c3ccc(OC)cc3)(CC1)CC2.CC. The third-order valence-corrected chi connectivity index (χ3v) is 5.63. The van der Waals surface area contributed by atoms with E-state index in [-0.39, 0.29) is 5.41 Å². The molecule has 0 radical (unpaired) electrons. The minimum atomic E-state index is 0.244. The summed E-state index contributed by atoms with van der Waals surface area (Å²) in [6, 6.07) is 8.66. The van der Waals surface area contributed by atoms with Crippen LogP contribution in [0.2, 0.25) is 0 Å². The van der Waals surface area contributed by atoms with Gasteiger partial charge in [0.1, 0.15) is 5.75 Å². The summed E-state index contributed by atoms with van der Waals surface area (Å²) >= 11 is 0. The molecule has 2 bridgehead atoms. The molecule has 3 aliphatic carbocycles. The highest BCUT2D eigenvalue weighted by Crippen LogP contribution is 2.59. The highest BCUT2D eigenvalue weighted by Gasteiger charge is 2.49. The molecule has 4 rings (SSSR count). The van der Waals surface area contributed by atoms with Crippen LogP contribution in [0.5, 0.6) is 5.75 Å². The van der Waals surface area contributed by atoms with E-state index >= 15 is 0 Å². The Hall–Kier alpha value is -1.44. The van der Waals surface area contributed by atoms with Gasteiger partial charge < -0.3 is 10.5 Å². The molecule has 0 atom stereocenters. The van der Waals surface area contributed by atoms with Crippen molar-refractivity contribution in [2.45, 2.75) is 57.8 Å². The molecule has 1 aromatic rings. The first kappa shape index (κ1) is 15.9. The summed E-state index contributed by atoms with van der Waals surface area (Å²) in [6.07, 6.45) is 7.34. The molecule has 2 N–H and O–H groups in total. The van der Waals surface area contributed by atoms with E-state index in [0.717, 1.165) is 11.4 Å². The fourth-order valence-electron chi connectivity index (χ4n) is 4.04. The van der Waals surface area contributed by atoms with Crippen LogP contribution in [0, 0.1) is 5.41 Å². The molecular formula is C19H29NO. The molecule has 0 amide bonds. The van der Waals surface area contributed by atoms with Gasteiger partial charge in [-0.3, -0.25) is 0 Å². The lowest BCUT2D eigenvalue weighted by Crippen LogP contribution is -2.46. The molecule has 2 heteroatoms. The smallest absolute Gasteiger partial charge is 0.118 e. The molecule has 0 aromatic heterocycles. The molecule has 0 spiro atoms. The van der Waals surface area contributed by atoms with E-state index in [1.165, 1.54) is 44.1 Å². The lowest BCUT2D eigenvalue weighted by atomic mass is 9.51. The summed E-state index contributed by atoms with van der Waals surface area (Å²) in [5.41, 5.74) is 9.06. The van der Waals surface area contributed by atoms with Crippen molar-refractivity contribution in [3.63, 3.8) is 0 Å². The van der Waals surface area contributed by atoms with Gasteiger partial charge in [0.05, 0.1) is 7.11 Å². The van der Waals surface area contributed by atoms with E-state index in [1.54, 1.807) is 7.11 Å². The highest BCUT2D eigenvalue weighted by molar-refractivity contribution is 5.35. The van der Waals surface area contributed by atoms with Crippen LogP contribution in [0.1, 0.15) is 57.9 Å². The predicted octanol–water partition coefficient (Wildman–Crippen LogP) is 4.79. The number of fused-ring (bicyclic) bond motifs is 3. The average molecular weight is 287 g/mol. The van der Waals surface area contributed by atoms with Crippen molar-refractivity contribution in [3.05, 3.63) is 42.1 Å². The van der Waals surface area contributed by atoms with Crippen LogP contribution in [0.3, 0.4) is 0 Å². The van der Waals surface area contributed by atoms with Crippen molar-refractivity contribution in [2.24, 2.45) is 11.1 Å². The number of nitrogens with two attached hydrogens (primary N) is 1. The predicted molar refractivity (Wildman–Crippen MR) is 89.5 cm³/mol. The molecule has 116 valence electrons. The summed E-state index contributed by atoms with van der Waals surface area (Å²) in [7, 11) is 1.72. The van der Waals surface area contributed by atoms with Gasteiger partial charge in [0.15, 0.2) is 0 Å². The summed E-state index contributed by atoms with van der Waals surface area (Å²) in [5.74, 6) is 0.941. The quantitative estimate of drug-likeness (QED) is 0.867. The van der Waals surface area contributed by atoms with Gasteiger partial charge in [-0.2, -0.15) is 0 Å². The van der Waals surface area contributed by atoms with Gasteiger partial charge in [0, 0.05) is 11.1 Å². The minimum Gasteiger partial charge on any atom is -0.497 e. The molecule has 0 saturated heterocycles. The third-order valence-electron chi connectivity index (χ3n) is 5.63. The van der Waals surface area contributed by atoms with Crippen LogP contribution in [-0.2, 0) is 5.41 Å². The van der Waals surface area contributed by atoms with E-state index in [1.807, 2.05) is 13.8 Å². The monoisotopic (exact) mass is 287 g/mol. The Kier molecular flexibility index (Phi) is 4.65. The standard InChI is InChI=1S/C17H23NO.C2H6/c1-13(18)16-7-10-17(11-8-16,12-9-16)14-3-5-15(19-2)6-4-14;1-2/h3-6H,1,7-12,18H2,2H3;1-2H3. The van der Waals surface area contributed by atoms with Crippen molar-refractivity contribution in [2.75, 3.05) is 7.11 Å². The molecule has 21 heavy (non-hydrogen) atoms. The highest BCUT2D eigenvalue weighted by atomic mass is 16.5. The molecule has 0 aliphatic heterocycles. The first-order valence-electron chi connectivity index (χ1n) is 8.20. The van der Waals surface area contributed by atoms with Gasteiger partial charge in [-0.25, -0.2) is 0 Å². The molecule has 2 nitrogen and oxygen atoms in total. The van der Waals surface area contributed by atoms with Crippen LogP contribution in [-0.4, -0.2) is 7.11 Å². The van der Waals surface area contributed by atoms with Crippen molar-refractivity contribution < 1.29 is 4.74 Å². The summed E-state index contributed by atoms with van der Waals surface area (Å²) < 4.78 is 5.25. The molecule has 3 fully saturated rings. The number of hydrogen-bond donors (Lipinski definition) is 1. The zero-order valence-corrected chi connectivity index (χ0v) is 13.7. The minimum absolute atomic E-state index is 0.244. The number of rotatable bonds is 3. The van der Waals surface area contributed by atoms with Crippen molar-refractivity contribution in [1.82, 2.24) is 0 Å². The molecule has 0 heterocycles. The normalized spacial score (nSPS) is 30.2. The van der Waals surface area contributed by atoms with E-state index in [0.29, 0.717) is 5.41 Å². The Morgan fingerprint density at radius 3 is 1.86 bits per heavy atom. The van der Waals surface area contributed by atoms with E-state index in [2.05, 4.69) is 30.8 Å². The van der Waals surface area contributed by atoms with E-state index in [4.69, 9.17) is 10.5 Å². The second-order valence-corrected chi connectivity index (χ2v) is 6.31. The van der Waals surface area contributed by atoms with Gasteiger partial charge in [-0.1, -0.05) is 32.6 Å². The Labute approximate surface area is 129 Å². The number of methoxy groups -OCH3 is 1. The lowest BCUT2D eigenvalue weighted by molar-refractivity contribution is 0.0688. The Balaban J connectivity index is 0.000000774. The van der Waals surface area contributed by atoms with Gasteiger partial charge in [-0.15, -0.1) is 0 Å². The zero-order chi connectivity index (χ0) is 15.5. The molecular weight excluding hydrogens is 258 g/mol. The average Bonchev–Trinajstić information content (AvgIpc) is 2.58. The lowest BCUT2D eigenvalue weighted by Gasteiger charge is -2.54. The van der Waals surface area contributed by atoms with Crippen LogP contribution in [0.15, 0.2) is 36.5 Å². The topological polar surface area (TPSA) is 35.2 Å². The summed E-state index contributed by atoms with van der Waals surface area (Å²) in [4.78, 5) is 0. The zero-order valence-electron chi connectivity index (χ0n) is 13.7. The molecule has 1 aromatic carbocycles. The van der Waals surface area contributed by atoms with Crippen LogP contribution < -0.4 is 10.5 Å². The maximum absolute atomic E-state index is 6.05. The first-order chi connectivity index (χ1) is 10.1. The second-order valence-electron chi connectivity index (χ2n) is 6.31. The van der Waals surface area contributed by atoms with Gasteiger partial charge in [0.25, 0.3) is 0 Å². The van der Waals surface area contributed by atoms with Gasteiger partial charge >= 0.3 is 0 Å². The fourth-order valence-corrected chi connectivity index (χ4v) is 4.04. The van der Waals surface area contributed by atoms with Gasteiger partial charge in [0.2, 0.25) is 0 Å². The van der Waals surface area contributed by atoms with Gasteiger partial charge in [-0.05, 0) is 61.6 Å². The maximum Gasteiger partial charge on any atom is 0.118 e. The van der Waals surface area contributed by atoms with Crippen LogP contribution in [0.25, 0.3) is 0 Å². The van der Waals surface area contributed by atoms with E-state index in [9.17, 15) is 0 Å². The Morgan fingerprint density at radius 1 is 1.00 bits per heavy atom. The van der Waals surface area contributed by atoms with E-state index < -0.39 is 0 Å². The molecule has 3 aliphatic rings. The summed E-state index contributed by atoms with van der Waals surface area (Å²) in [5, 5.41) is 0. The first-order valence-corrected chi connectivity index (χ1v) is 8.20. The Bertz CT molecular complexity index is 464. The summed E-state index contributed by atoms with van der Waals surface area (Å²) in [6.45, 7) is 8.03. The number of benzene rings is 1. The Morgan fingerprint density at radius 2 is 1.48 bits per heavy atom. The number of hydrogen-bond acceptors (Lipinski definition) is 2. The number of ether oxygens (including phenoxy) is 1. The molecule has 3 saturated carbocycles. The largest absolute Gasteiger partial charge is 0.497 e. The van der Waals surface area contributed by atoms with Crippen LogP contribution >= 0.6 is 0 Å². The van der Waals surface area contributed by atoms with Crippen molar-refractivity contribution >= 4 is 0 Å². The fraction of sp³-hybridized carbons (Fsp3) is 0.579. The van der Waals surface area contributed by atoms with Crippen molar-refractivity contribution in [3.8, 4) is 5.75 Å². The van der Waals surface area contributed by atoms with Crippen molar-refractivity contribution in [1.29, 1.82) is 0 Å². The third kappa shape index (κ3) is 2.68. The second kappa shape index (κ2) is 6.13. The molecule has 0 unspecified atom stereocenters. The van der Waals surface area contributed by atoms with Crippen LogP contribution in [0.4, 0.5) is 0 Å².